The lowest BCUT2D eigenvalue weighted by atomic mass is 10.1. The largest absolute Gasteiger partial charge is 0.367 e. The molecule has 1 amide bonds. The summed E-state index contributed by atoms with van der Waals surface area (Å²) < 4.78 is 39.7. The molecule has 0 aliphatic carbocycles. The van der Waals surface area contributed by atoms with E-state index in [1.165, 1.54) is 20.2 Å². The molecule has 0 unspecified atom stereocenters. The molecule has 0 atom stereocenters. The molecule has 0 aromatic heterocycles. The number of anilines is 2. The molecule has 3 rings (SSSR count). The van der Waals surface area contributed by atoms with Crippen LogP contribution >= 0.6 is 0 Å². The van der Waals surface area contributed by atoms with Crippen LogP contribution in [-0.2, 0) is 10.0 Å². The quantitative estimate of drug-likeness (QED) is 0.802. The summed E-state index contributed by atoms with van der Waals surface area (Å²) in [6.45, 7) is 3.52. The minimum absolute atomic E-state index is 0.0694. The number of likely N-dealkylation sites (N-methyl/N-ethyl adjacent to an activating group) is 1. The third-order valence-corrected chi connectivity index (χ3v) is 6.78. The lowest BCUT2D eigenvalue weighted by molar-refractivity contribution is 0.102. The highest BCUT2D eigenvalue weighted by molar-refractivity contribution is 7.89. The molecule has 0 bridgehead atoms. The van der Waals surface area contributed by atoms with Crippen LogP contribution in [-0.4, -0.2) is 70.9 Å². The zero-order valence-corrected chi connectivity index (χ0v) is 17.5. The van der Waals surface area contributed by atoms with E-state index < -0.39 is 26.6 Å². The van der Waals surface area contributed by atoms with E-state index in [9.17, 15) is 17.6 Å². The number of piperazine rings is 1. The topological polar surface area (TPSA) is 73.0 Å². The second-order valence-electron chi connectivity index (χ2n) is 7.19. The standard InChI is InChI=1S/C20H25FN4O3S/c1-23(2)29(27,28)19-14-15(8-9-16(19)21)20(26)22-17-6-4-5-7-18(17)25-12-10-24(3)11-13-25/h4-9,14H,10-13H2,1-3H3,(H,22,26). The number of sulfonamides is 1. The van der Waals surface area contributed by atoms with E-state index in [1.54, 1.807) is 6.07 Å². The highest BCUT2D eigenvalue weighted by atomic mass is 32.2. The van der Waals surface area contributed by atoms with Crippen LogP contribution in [0, 0.1) is 5.82 Å². The van der Waals surface area contributed by atoms with Crippen molar-refractivity contribution in [3.05, 3.63) is 53.8 Å². The highest BCUT2D eigenvalue weighted by Gasteiger charge is 2.24. The molecule has 1 saturated heterocycles. The second kappa shape index (κ2) is 8.48. The van der Waals surface area contributed by atoms with E-state index in [0.717, 1.165) is 48.3 Å². The Morgan fingerprint density at radius 1 is 1.07 bits per heavy atom. The normalized spacial score (nSPS) is 15.6. The Morgan fingerprint density at radius 2 is 1.72 bits per heavy atom. The van der Waals surface area contributed by atoms with Gasteiger partial charge in [-0.3, -0.25) is 4.79 Å². The van der Waals surface area contributed by atoms with Crippen molar-refractivity contribution in [2.24, 2.45) is 0 Å². The summed E-state index contributed by atoms with van der Waals surface area (Å²) in [5.74, 6) is -1.39. The summed E-state index contributed by atoms with van der Waals surface area (Å²) in [7, 11) is 0.693. The van der Waals surface area contributed by atoms with Crippen LogP contribution in [0.25, 0.3) is 0 Å². The molecular formula is C20H25FN4O3S. The molecule has 9 heteroatoms. The molecule has 29 heavy (non-hydrogen) atoms. The fraction of sp³-hybridized carbons (Fsp3) is 0.350. The van der Waals surface area contributed by atoms with Crippen molar-refractivity contribution < 1.29 is 17.6 Å². The van der Waals surface area contributed by atoms with Crippen LogP contribution in [0.5, 0.6) is 0 Å². The fourth-order valence-electron chi connectivity index (χ4n) is 3.14. The van der Waals surface area contributed by atoms with Gasteiger partial charge >= 0.3 is 0 Å². The molecule has 2 aromatic rings. The first-order valence-electron chi connectivity index (χ1n) is 9.26. The average Bonchev–Trinajstić information content (AvgIpc) is 2.69. The minimum atomic E-state index is -4.00. The Kier molecular flexibility index (Phi) is 6.21. The van der Waals surface area contributed by atoms with Gasteiger partial charge in [0.25, 0.3) is 5.91 Å². The first-order valence-corrected chi connectivity index (χ1v) is 10.7. The zero-order chi connectivity index (χ0) is 21.2. The summed E-state index contributed by atoms with van der Waals surface area (Å²) in [5, 5.41) is 2.84. The van der Waals surface area contributed by atoms with Crippen LogP contribution in [0.4, 0.5) is 15.8 Å². The number of hydrogen-bond acceptors (Lipinski definition) is 5. The molecule has 0 radical (unpaired) electrons. The number of para-hydroxylation sites is 2. The Morgan fingerprint density at radius 3 is 2.38 bits per heavy atom. The maximum Gasteiger partial charge on any atom is 0.255 e. The van der Waals surface area contributed by atoms with E-state index in [1.807, 2.05) is 18.2 Å². The molecule has 7 nitrogen and oxygen atoms in total. The van der Waals surface area contributed by atoms with Gasteiger partial charge in [0.15, 0.2) is 0 Å². The summed E-state index contributed by atoms with van der Waals surface area (Å²) >= 11 is 0. The molecule has 1 aliphatic heterocycles. The van der Waals surface area contributed by atoms with Gasteiger partial charge in [-0.25, -0.2) is 17.1 Å². The number of nitrogens with one attached hydrogen (secondary N) is 1. The summed E-state index contributed by atoms with van der Waals surface area (Å²) in [5.41, 5.74) is 1.60. The van der Waals surface area contributed by atoms with E-state index in [2.05, 4.69) is 22.2 Å². The highest BCUT2D eigenvalue weighted by Crippen LogP contribution is 2.27. The third kappa shape index (κ3) is 4.58. The average molecular weight is 421 g/mol. The number of rotatable bonds is 5. The van der Waals surface area contributed by atoms with Crippen molar-refractivity contribution in [1.29, 1.82) is 0 Å². The maximum atomic E-state index is 14.1. The van der Waals surface area contributed by atoms with Gasteiger partial charge in [0.05, 0.1) is 11.4 Å². The molecule has 0 saturated carbocycles. The van der Waals surface area contributed by atoms with Gasteiger partial charge in [0.2, 0.25) is 10.0 Å². The smallest absolute Gasteiger partial charge is 0.255 e. The zero-order valence-electron chi connectivity index (χ0n) is 16.7. The monoisotopic (exact) mass is 420 g/mol. The Hall–Kier alpha value is -2.49. The van der Waals surface area contributed by atoms with E-state index in [4.69, 9.17) is 0 Å². The molecule has 2 aromatic carbocycles. The van der Waals surface area contributed by atoms with Crippen molar-refractivity contribution in [1.82, 2.24) is 9.21 Å². The van der Waals surface area contributed by atoms with Gasteiger partial charge < -0.3 is 15.1 Å². The number of nitrogens with zero attached hydrogens (tertiary/aromatic N) is 3. The first kappa shape index (κ1) is 21.2. The summed E-state index contributed by atoms with van der Waals surface area (Å²) in [4.78, 5) is 16.7. The Balaban J connectivity index is 1.87. The summed E-state index contributed by atoms with van der Waals surface area (Å²) in [6, 6.07) is 10.8. The predicted molar refractivity (Wildman–Crippen MR) is 111 cm³/mol. The predicted octanol–water partition coefficient (Wildman–Crippen LogP) is 2.08. The molecule has 1 heterocycles. The Bertz CT molecular complexity index is 1000. The lowest BCUT2D eigenvalue weighted by Crippen LogP contribution is -2.44. The van der Waals surface area contributed by atoms with Crippen molar-refractivity contribution >= 4 is 27.3 Å². The van der Waals surface area contributed by atoms with Crippen molar-refractivity contribution in [3.63, 3.8) is 0 Å². The second-order valence-corrected chi connectivity index (χ2v) is 9.31. The number of amides is 1. The third-order valence-electron chi connectivity index (χ3n) is 4.95. The summed E-state index contributed by atoms with van der Waals surface area (Å²) in [6.07, 6.45) is 0. The van der Waals surface area contributed by atoms with Gasteiger partial charge in [0.1, 0.15) is 10.7 Å². The van der Waals surface area contributed by atoms with Gasteiger partial charge in [-0.2, -0.15) is 0 Å². The molecule has 0 spiro atoms. The number of hydrogen-bond donors (Lipinski definition) is 1. The SMILES string of the molecule is CN1CCN(c2ccccc2NC(=O)c2ccc(F)c(S(=O)(=O)N(C)C)c2)CC1. The number of halogens is 1. The van der Waals surface area contributed by atoms with Crippen molar-refractivity contribution in [3.8, 4) is 0 Å². The van der Waals surface area contributed by atoms with E-state index >= 15 is 0 Å². The van der Waals surface area contributed by atoms with Crippen LogP contribution < -0.4 is 10.2 Å². The Labute approximate surface area is 170 Å². The number of benzene rings is 2. The molecule has 1 fully saturated rings. The molecule has 1 N–H and O–H groups in total. The van der Waals surface area contributed by atoms with Gasteiger partial charge in [-0.1, -0.05) is 12.1 Å². The van der Waals surface area contributed by atoms with Gasteiger partial charge in [-0.15, -0.1) is 0 Å². The number of carbonyl (C=O) groups is 1. The molecular weight excluding hydrogens is 395 g/mol. The molecule has 156 valence electrons. The number of carbonyl (C=O) groups excluding carboxylic acids is 1. The van der Waals surface area contributed by atoms with Gasteiger partial charge in [0, 0.05) is 45.8 Å². The maximum absolute atomic E-state index is 14.1. The van der Waals surface area contributed by atoms with Crippen LogP contribution in [0.1, 0.15) is 10.4 Å². The molecule has 1 aliphatic rings. The van der Waals surface area contributed by atoms with Crippen LogP contribution in [0.2, 0.25) is 0 Å². The van der Waals surface area contributed by atoms with Crippen LogP contribution in [0.15, 0.2) is 47.4 Å². The lowest BCUT2D eigenvalue weighted by Gasteiger charge is -2.35. The van der Waals surface area contributed by atoms with Crippen molar-refractivity contribution in [2.75, 3.05) is 57.5 Å². The fourth-order valence-corrected chi connectivity index (χ4v) is 4.12. The van der Waals surface area contributed by atoms with E-state index in [-0.39, 0.29) is 5.56 Å². The van der Waals surface area contributed by atoms with Crippen molar-refractivity contribution in [2.45, 2.75) is 4.90 Å². The minimum Gasteiger partial charge on any atom is -0.367 e. The van der Waals surface area contributed by atoms with Crippen LogP contribution in [0.3, 0.4) is 0 Å². The van der Waals surface area contributed by atoms with E-state index in [0.29, 0.717) is 5.69 Å². The first-order chi connectivity index (χ1) is 13.7. The van der Waals surface area contributed by atoms with Gasteiger partial charge in [-0.05, 0) is 37.4 Å².